The van der Waals surface area contributed by atoms with E-state index in [-0.39, 0.29) is 5.78 Å². The smallest absolute Gasteiger partial charge is 0.191 e. The number of halogens is 1. The van der Waals surface area contributed by atoms with E-state index in [0.29, 0.717) is 11.3 Å². The number of ketones is 1. The lowest BCUT2D eigenvalue weighted by Crippen LogP contribution is -2.04. The van der Waals surface area contributed by atoms with Gasteiger partial charge in [0.25, 0.3) is 0 Å². The highest BCUT2D eigenvalue weighted by atomic mass is 79.9. The fourth-order valence-corrected chi connectivity index (χ4v) is 3.36. The average molecular weight is 388 g/mol. The van der Waals surface area contributed by atoms with Crippen molar-refractivity contribution in [3.8, 4) is 11.4 Å². The van der Waals surface area contributed by atoms with Crippen LogP contribution in [0.15, 0.2) is 64.2 Å². The van der Waals surface area contributed by atoms with E-state index in [9.17, 15) is 4.79 Å². The molecule has 0 fully saturated rings. The minimum Gasteiger partial charge on any atom is -0.305 e. The third-order valence-electron chi connectivity index (χ3n) is 3.35. The Labute approximate surface area is 147 Å². The number of nitrogens with zero attached hydrogens (tertiary/aromatic N) is 3. The molecule has 0 unspecified atom stereocenters. The molecule has 23 heavy (non-hydrogen) atoms. The zero-order chi connectivity index (χ0) is 16.2. The summed E-state index contributed by atoms with van der Waals surface area (Å²) < 4.78 is 2.81. The Balaban J connectivity index is 1.72. The van der Waals surface area contributed by atoms with E-state index in [1.807, 2.05) is 66.2 Å². The van der Waals surface area contributed by atoms with E-state index in [0.717, 1.165) is 21.0 Å². The second-order valence-corrected chi connectivity index (χ2v) is 6.81. The quantitative estimate of drug-likeness (QED) is 0.485. The number of rotatable bonds is 5. The van der Waals surface area contributed by atoms with E-state index < -0.39 is 0 Å². The number of carbonyl (C=O) groups excluding carboxylic acids is 1. The summed E-state index contributed by atoms with van der Waals surface area (Å²) in [6, 6.07) is 17.3. The molecule has 1 heterocycles. The van der Waals surface area contributed by atoms with Crippen LogP contribution in [0.1, 0.15) is 10.4 Å². The van der Waals surface area contributed by atoms with Gasteiger partial charge in [0, 0.05) is 22.6 Å². The molecule has 0 aliphatic carbocycles. The van der Waals surface area contributed by atoms with Gasteiger partial charge in [0.05, 0.1) is 5.75 Å². The van der Waals surface area contributed by atoms with Gasteiger partial charge < -0.3 is 4.57 Å². The first-order chi connectivity index (χ1) is 11.1. The third-order valence-corrected chi connectivity index (χ3v) is 4.86. The number of thioether (sulfide) groups is 1. The van der Waals surface area contributed by atoms with Crippen LogP contribution in [0, 0.1) is 0 Å². The van der Waals surface area contributed by atoms with Crippen LogP contribution < -0.4 is 0 Å². The highest BCUT2D eigenvalue weighted by molar-refractivity contribution is 9.10. The SMILES string of the molecule is Cn1c(SCC(=O)c2cccc(Br)c2)nnc1-c1ccccc1. The number of aromatic nitrogens is 3. The van der Waals surface area contributed by atoms with Gasteiger partial charge in [-0.25, -0.2) is 0 Å². The first-order valence-corrected chi connectivity index (χ1v) is 8.79. The summed E-state index contributed by atoms with van der Waals surface area (Å²) in [5.41, 5.74) is 1.70. The van der Waals surface area contributed by atoms with Crippen LogP contribution in [0.4, 0.5) is 0 Å². The van der Waals surface area contributed by atoms with Crippen molar-refractivity contribution in [3.05, 3.63) is 64.6 Å². The molecule has 1 aromatic heterocycles. The molecule has 0 amide bonds. The van der Waals surface area contributed by atoms with Crippen LogP contribution in [0.5, 0.6) is 0 Å². The minimum absolute atomic E-state index is 0.0700. The number of hydrogen-bond donors (Lipinski definition) is 0. The van der Waals surface area contributed by atoms with Crippen LogP contribution in [-0.2, 0) is 7.05 Å². The summed E-state index contributed by atoms with van der Waals surface area (Å²) in [6.45, 7) is 0. The van der Waals surface area contributed by atoms with Crippen molar-refractivity contribution in [1.82, 2.24) is 14.8 Å². The van der Waals surface area contributed by atoms with Crippen molar-refractivity contribution in [2.24, 2.45) is 7.05 Å². The molecule has 6 heteroatoms. The van der Waals surface area contributed by atoms with Gasteiger partial charge in [0.15, 0.2) is 16.8 Å². The summed E-state index contributed by atoms with van der Waals surface area (Å²) >= 11 is 4.78. The van der Waals surface area contributed by atoms with E-state index in [2.05, 4.69) is 26.1 Å². The maximum absolute atomic E-state index is 12.3. The summed E-state index contributed by atoms with van der Waals surface area (Å²) in [4.78, 5) is 12.3. The van der Waals surface area contributed by atoms with Gasteiger partial charge in [-0.2, -0.15) is 0 Å². The molecule has 0 aliphatic rings. The molecule has 0 N–H and O–H groups in total. The van der Waals surface area contributed by atoms with Gasteiger partial charge in [-0.1, -0.05) is 70.2 Å². The van der Waals surface area contributed by atoms with Crippen LogP contribution >= 0.6 is 27.7 Å². The van der Waals surface area contributed by atoms with E-state index in [1.165, 1.54) is 11.8 Å². The number of benzene rings is 2. The Morgan fingerprint density at radius 2 is 1.91 bits per heavy atom. The maximum atomic E-state index is 12.3. The molecular weight excluding hydrogens is 374 g/mol. The molecule has 0 atom stereocenters. The lowest BCUT2D eigenvalue weighted by atomic mass is 10.2. The van der Waals surface area contributed by atoms with Crippen molar-refractivity contribution in [1.29, 1.82) is 0 Å². The molecule has 116 valence electrons. The second-order valence-electron chi connectivity index (χ2n) is 4.95. The first-order valence-electron chi connectivity index (χ1n) is 7.01. The van der Waals surface area contributed by atoms with Gasteiger partial charge in [0.1, 0.15) is 0 Å². The average Bonchev–Trinajstić information content (AvgIpc) is 2.94. The summed E-state index contributed by atoms with van der Waals surface area (Å²) in [6.07, 6.45) is 0. The fourth-order valence-electron chi connectivity index (χ4n) is 2.15. The Hall–Kier alpha value is -1.92. The number of Topliss-reactive ketones (excluding diaryl/α,β-unsaturated/α-hetero) is 1. The molecule has 0 spiro atoms. The Kier molecular flexibility index (Phi) is 4.93. The van der Waals surface area contributed by atoms with Gasteiger partial charge in [-0.3, -0.25) is 4.79 Å². The van der Waals surface area contributed by atoms with E-state index >= 15 is 0 Å². The van der Waals surface area contributed by atoms with Crippen LogP contribution in [-0.4, -0.2) is 26.3 Å². The van der Waals surface area contributed by atoms with Gasteiger partial charge in [-0.05, 0) is 12.1 Å². The summed E-state index contributed by atoms with van der Waals surface area (Å²) in [5.74, 6) is 1.19. The van der Waals surface area contributed by atoms with Gasteiger partial charge in [0.2, 0.25) is 0 Å². The molecule has 0 aliphatic heterocycles. The fraction of sp³-hybridized carbons (Fsp3) is 0.118. The molecule has 0 bridgehead atoms. The largest absolute Gasteiger partial charge is 0.305 e. The van der Waals surface area contributed by atoms with Crippen molar-refractivity contribution in [3.63, 3.8) is 0 Å². The molecule has 4 nitrogen and oxygen atoms in total. The third kappa shape index (κ3) is 3.71. The molecule has 3 aromatic rings. The highest BCUT2D eigenvalue weighted by Gasteiger charge is 2.13. The van der Waals surface area contributed by atoms with Crippen LogP contribution in [0.2, 0.25) is 0 Å². The number of hydrogen-bond acceptors (Lipinski definition) is 4. The van der Waals surface area contributed by atoms with Crippen LogP contribution in [0.3, 0.4) is 0 Å². The van der Waals surface area contributed by atoms with Gasteiger partial charge >= 0.3 is 0 Å². The lowest BCUT2D eigenvalue weighted by Gasteiger charge is -2.04. The molecular formula is C17H14BrN3OS. The first kappa shape index (κ1) is 16.0. The van der Waals surface area contributed by atoms with Crippen molar-refractivity contribution < 1.29 is 4.79 Å². The topological polar surface area (TPSA) is 47.8 Å². The lowest BCUT2D eigenvalue weighted by molar-refractivity contribution is 0.102. The normalized spacial score (nSPS) is 10.7. The maximum Gasteiger partial charge on any atom is 0.191 e. The zero-order valence-electron chi connectivity index (χ0n) is 12.4. The monoisotopic (exact) mass is 387 g/mol. The number of carbonyl (C=O) groups is 1. The summed E-state index contributed by atoms with van der Waals surface area (Å²) in [5, 5.41) is 9.14. The molecule has 2 aromatic carbocycles. The highest BCUT2D eigenvalue weighted by Crippen LogP contribution is 2.23. The molecule has 0 radical (unpaired) electrons. The Morgan fingerprint density at radius 3 is 2.65 bits per heavy atom. The summed E-state index contributed by atoms with van der Waals surface area (Å²) in [7, 11) is 1.91. The minimum atomic E-state index is 0.0700. The zero-order valence-corrected chi connectivity index (χ0v) is 14.8. The van der Waals surface area contributed by atoms with Crippen molar-refractivity contribution in [2.75, 3.05) is 5.75 Å². The standard InChI is InChI=1S/C17H14BrN3OS/c1-21-16(12-6-3-2-4-7-12)19-20-17(21)23-11-15(22)13-8-5-9-14(18)10-13/h2-10H,11H2,1H3. The predicted octanol–water partition coefficient (Wildman–Crippen LogP) is 4.22. The Bertz CT molecular complexity index is 833. The van der Waals surface area contributed by atoms with E-state index in [4.69, 9.17) is 0 Å². The predicted molar refractivity (Wildman–Crippen MR) is 95.6 cm³/mol. The molecule has 0 saturated carbocycles. The van der Waals surface area contributed by atoms with Gasteiger partial charge in [-0.15, -0.1) is 10.2 Å². The Morgan fingerprint density at radius 1 is 1.13 bits per heavy atom. The van der Waals surface area contributed by atoms with Crippen molar-refractivity contribution >= 4 is 33.5 Å². The van der Waals surface area contributed by atoms with Crippen molar-refractivity contribution in [2.45, 2.75) is 5.16 Å². The van der Waals surface area contributed by atoms with Crippen LogP contribution in [0.25, 0.3) is 11.4 Å². The molecule has 0 saturated heterocycles. The van der Waals surface area contributed by atoms with E-state index in [1.54, 1.807) is 0 Å². The molecule has 3 rings (SSSR count). The second kappa shape index (κ2) is 7.10.